The second-order valence-corrected chi connectivity index (χ2v) is 7.00. The van der Waals surface area contributed by atoms with Crippen molar-refractivity contribution in [2.45, 2.75) is 38.8 Å². The van der Waals surface area contributed by atoms with E-state index in [1.807, 2.05) is 16.3 Å². The second-order valence-electron chi connectivity index (χ2n) is 6.13. The third-order valence-electron chi connectivity index (χ3n) is 4.33. The fraction of sp³-hybridized carbons (Fsp3) is 0.562. The Labute approximate surface area is 140 Å². The summed E-state index contributed by atoms with van der Waals surface area (Å²) in [5.41, 5.74) is 1.17. The van der Waals surface area contributed by atoms with E-state index in [0.29, 0.717) is 12.6 Å². The van der Waals surface area contributed by atoms with Gasteiger partial charge >= 0.3 is 0 Å². The summed E-state index contributed by atoms with van der Waals surface area (Å²) in [7, 11) is 1.80. The van der Waals surface area contributed by atoms with Gasteiger partial charge in [-0.1, -0.05) is 6.42 Å². The van der Waals surface area contributed by atoms with Crippen LogP contribution in [-0.4, -0.2) is 51.8 Å². The molecule has 3 heterocycles. The lowest BCUT2D eigenvalue weighted by Crippen LogP contribution is -2.47. The van der Waals surface area contributed by atoms with Gasteiger partial charge in [-0.15, -0.1) is 11.3 Å². The maximum Gasteiger partial charge on any atom is 0.242 e. The van der Waals surface area contributed by atoms with Crippen LogP contribution < -0.4 is 4.90 Å². The predicted molar refractivity (Wildman–Crippen MR) is 91.7 cm³/mol. The minimum absolute atomic E-state index is 0.100. The Bertz CT molecular complexity index is 639. The minimum atomic E-state index is 0.100. The van der Waals surface area contributed by atoms with Gasteiger partial charge in [-0.2, -0.15) is 5.10 Å². The van der Waals surface area contributed by atoms with E-state index >= 15 is 0 Å². The van der Waals surface area contributed by atoms with Crippen molar-refractivity contribution in [3.8, 4) is 0 Å². The summed E-state index contributed by atoms with van der Waals surface area (Å²) in [4.78, 5) is 20.7. The van der Waals surface area contributed by atoms with Gasteiger partial charge in [-0.25, -0.2) is 4.98 Å². The molecule has 0 spiro atoms. The first kappa shape index (κ1) is 16.1. The average molecular weight is 333 g/mol. The standard InChI is InChI=1S/C16H23N5OS/c1-13-9-18-21(10-13)11-14-5-3-4-7-20(14)12-15(22)19(2)16-17-6-8-23-16/h6,8-10,14H,3-5,7,11-12H2,1-2H3. The molecule has 0 radical (unpaired) electrons. The van der Waals surface area contributed by atoms with Gasteiger partial charge in [0, 0.05) is 30.9 Å². The van der Waals surface area contributed by atoms with Crippen LogP contribution in [0, 0.1) is 6.92 Å². The predicted octanol–water partition coefficient (Wildman–Crippen LogP) is 2.17. The highest BCUT2D eigenvalue weighted by molar-refractivity contribution is 7.13. The van der Waals surface area contributed by atoms with E-state index in [0.717, 1.165) is 31.1 Å². The lowest BCUT2D eigenvalue weighted by atomic mass is 10.0. The number of hydrogen-bond donors (Lipinski definition) is 0. The number of likely N-dealkylation sites (N-methyl/N-ethyl adjacent to an activating group) is 1. The Kier molecular flexibility index (Phi) is 5.07. The molecular weight excluding hydrogens is 310 g/mol. The maximum atomic E-state index is 12.5. The Morgan fingerprint density at radius 2 is 2.35 bits per heavy atom. The third kappa shape index (κ3) is 3.97. The molecule has 1 unspecified atom stereocenters. The van der Waals surface area contributed by atoms with Gasteiger partial charge in [0.05, 0.1) is 19.3 Å². The summed E-state index contributed by atoms with van der Waals surface area (Å²) in [6.07, 6.45) is 9.17. The number of anilines is 1. The largest absolute Gasteiger partial charge is 0.290 e. The van der Waals surface area contributed by atoms with Crippen LogP contribution in [-0.2, 0) is 11.3 Å². The van der Waals surface area contributed by atoms with E-state index in [9.17, 15) is 4.79 Å². The van der Waals surface area contributed by atoms with Crippen LogP contribution in [0.2, 0.25) is 0 Å². The van der Waals surface area contributed by atoms with Crippen LogP contribution in [0.1, 0.15) is 24.8 Å². The van der Waals surface area contributed by atoms with Crippen molar-refractivity contribution in [3.63, 3.8) is 0 Å². The lowest BCUT2D eigenvalue weighted by Gasteiger charge is -2.35. The van der Waals surface area contributed by atoms with Crippen LogP contribution in [0.4, 0.5) is 5.13 Å². The Hall–Kier alpha value is -1.73. The molecule has 23 heavy (non-hydrogen) atoms. The molecule has 0 N–H and O–H groups in total. The summed E-state index contributed by atoms with van der Waals surface area (Å²) in [5.74, 6) is 0.100. The number of thiazole rings is 1. The Morgan fingerprint density at radius 1 is 1.48 bits per heavy atom. The molecule has 2 aromatic rings. The van der Waals surface area contributed by atoms with Crippen molar-refractivity contribution in [1.29, 1.82) is 0 Å². The normalized spacial score (nSPS) is 19.0. The van der Waals surface area contributed by atoms with Gasteiger partial charge in [0.25, 0.3) is 0 Å². The first-order valence-corrected chi connectivity index (χ1v) is 8.90. The summed E-state index contributed by atoms with van der Waals surface area (Å²) in [6, 6.07) is 0.372. The SMILES string of the molecule is Cc1cnn(CC2CCCCN2CC(=O)N(C)c2nccs2)c1. The number of carbonyl (C=O) groups is 1. The van der Waals surface area contributed by atoms with Crippen LogP contribution in [0.3, 0.4) is 0 Å². The van der Waals surface area contributed by atoms with Crippen LogP contribution in [0.5, 0.6) is 0 Å². The molecule has 0 aliphatic carbocycles. The van der Waals surface area contributed by atoms with Gasteiger partial charge in [-0.05, 0) is 31.9 Å². The molecule has 3 rings (SSSR count). The van der Waals surface area contributed by atoms with E-state index < -0.39 is 0 Å². The summed E-state index contributed by atoms with van der Waals surface area (Å²) < 4.78 is 1.99. The van der Waals surface area contributed by atoms with Crippen LogP contribution in [0.15, 0.2) is 24.0 Å². The molecule has 7 heteroatoms. The molecule has 0 bridgehead atoms. The molecule has 1 atom stereocenters. The van der Waals surface area contributed by atoms with E-state index in [1.165, 1.54) is 23.3 Å². The monoisotopic (exact) mass is 333 g/mol. The van der Waals surface area contributed by atoms with Crippen molar-refractivity contribution >= 4 is 22.4 Å². The number of piperidine rings is 1. The molecule has 124 valence electrons. The van der Waals surface area contributed by atoms with Crippen LogP contribution >= 0.6 is 11.3 Å². The number of nitrogens with zero attached hydrogens (tertiary/aromatic N) is 5. The fourth-order valence-corrected chi connectivity index (χ4v) is 3.65. The van der Waals surface area contributed by atoms with Crippen molar-refractivity contribution in [2.24, 2.45) is 0 Å². The topological polar surface area (TPSA) is 54.3 Å². The van der Waals surface area contributed by atoms with Gasteiger partial charge in [0.15, 0.2) is 5.13 Å². The average Bonchev–Trinajstić information content (AvgIpc) is 3.20. The summed E-state index contributed by atoms with van der Waals surface area (Å²) >= 11 is 1.49. The highest BCUT2D eigenvalue weighted by Gasteiger charge is 2.26. The van der Waals surface area contributed by atoms with E-state index in [-0.39, 0.29) is 5.91 Å². The van der Waals surface area contributed by atoms with Crippen molar-refractivity contribution < 1.29 is 4.79 Å². The quantitative estimate of drug-likeness (QED) is 0.841. The number of aryl methyl sites for hydroxylation is 1. The molecular formula is C16H23N5OS. The highest BCUT2D eigenvalue weighted by atomic mass is 32.1. The molecule has 0 saturated carbocycles. The van der Waals surface area contributed by atoms with Gasteiger partial charge in [-0.3, -0.25) is 19.3 Å². The number of amides is 1. The molecule has 2 aromatic heterocycles. The van der Waals surface area contributed by atoms with Crippen molar-refractivity contribution in [3.05, 3.63) is 29.5 Å². The van der Waals surface area contributed by atoms with Crippen LogP contribution in [0.25, 0.3) is 0 Å². The van der Waals surface area contributed by atoms with Gasteiger partial charge in [0.1, 0.15) is 0 Å². The van der Waals surface area contributed by atoms with E-state index in [1.54, 1.807) is 18.1 Å². The maximum absolute atomic E-state index is 12.5. The number of aromatic nitrogens is 3. The fourth-order valence-electron chi connectivity index (χ4n) is 3.03. The zero-order valence-electron chi connectivity index (χ0n) is 13.7. The van der Waals surface area contributed by atoms with Crippen molar-refractivity contribution in [2.75, 3.05) is 25.0 Å². The van der Waals surface area contributed by atoms with E-state index in [2.05, 4.69) is 28.1 Å². The Morgan fingerprint density at radius 3 is 3.04 bits per heavy atom. The molecule has 1 aliphatic heterocycles. The molecule has 1 saturated heterocycles. The number of likely N-dealkylation sites (tertiary alicyclic amines) is 1. The van der Waals surface area contributed by atoms with Crippen molar-refractivity contribution in [1.82, 2.24) is 19.7 Å². The zero-order valence-corrected chi connectivity index (χ0v) is 14.5. The lowest BCUT2D eigenvalue weighted by molar-refractivity contribution is -0.120. The van der Waals surface area contributed by atoms with E-state index in [4.69, 9.17) is 0 Å². The number of hydrogen-bond acceptors (Lipinski definition) is 5. The summed E-state index contributed by atoms with van der Waals surface area (Å²) in [6.45, 7) is 4.32. The molecule has 0 aromatic carbocycles. The molecule has 1 fully saturated rings. The molecule has 1 aliphatic rings. The highest BCUT2D eigenvalue weighted by Crippen LogP contribution is 2.20. The molecule has 1 amide bonds. The number of carbonyl (C=O) groups excluding carboxylic acids is 1. The minimum Gasteiger partial charge on any atom is -0.290 e. The summed E-state index contributed by atoms with van der Waals surface area (Å²) in [5, 5.41) is 7.03. The first-order valence-electron chi connectivity index (χ1n) is 8.02. The first-order chi connectivity index (χ1) is 11.1. The van der Waals surface area contributed by atoms with Gasteiger partial charge < -0.3 is 0 Å². The zero-order chi connectivity index (χ0) is 16.2. The third-order valence-corrected chi connectivity index (χ3v) is 5.18. The Balaban J connectivity index is 1.63. The second kappa shape index (κ2) is 7.23. The molecule has 6 nitrogen and oxygen atoms in total. The van der Waals surface area contributed by atoms with Gasteiger partial charge in [0.2, 0.25) is 5.91 Å². The number of rotatable bonds is 5. The smallest absolute Gasteiger partial charge is 0.242 e.